The number of benzene rings is 1. The molecule has 1 aliphatic rings. The van der Waals surface area contributed by atoms with Crippen LogP contribution in [0.2, 0.25) is 0 Å². The minimum atomic E-state index is -1.01. The topological polar surface area (TPSA) is 91.0 Å². The van der Waals surface area contributed by atoms with Crippen LogP contribution in [0.5, 0.6) is 0 Å². The summed E-state index contributed by atoms with van der Waals surface area (Å²) in [6.45, 7) is 12.0. The van der Waals surface area contributed by atoms with Gasteiger partial charge in [0.15, 0.2) is 5.96 Å². The van der Waals surface area contributed by atoms with Crippen molar-refractivity contribution in [3.05, 3.63) is 72.1 Å². The first kappa shape index (κ1) is 28.5. The van der Waals surface area contributed by atoms with Crippen LogP contribution >= 0.6 is 0 Å². The molecule has 1 aromatic carbocycles. The second-order valence-corrected chi connectivity index (χ2v) is 9.42. The molecule has 0 spiro atoms. The number of halogens is 1. The van der Waals surface area contributed by atoms with E-state index in [4.69, 9.17) is 12.2 Å². The van der Waals surface area contributed by atoms with Crippen LogP contribution in [0.3, 0.4) is 0 Å². The Morgan fingerprint density at radius 2 is 2.08 bits per heavy atom. The molecule has 2 rings (SSSR count). The molecule has 1 aliphatic heterocycles. The first-order chi connectivity index (χ1) is 17.0. The Hall–Kier alpha value is -3.70. The quantitative estimate of drug-likeness (QED) is 0.366. The summed E-state index contributed by atoms with van der Waals surface area (Å²) in [7, 11) is 3.88. The predicted molar refractivity (Wildman–Crippen MR) is 142 cm³/mol. The van der Waals surface area contributed by atoms with Crippen LogP contribution in [0, 0.1) is 24.1 Å². The van der Waals surface area contributed by atoms with Gasteiger partial charge in [-0.25, -0.2) is 9.38 Å². The van der Waals surface area contributed by atoms with Gasteiger partial charge in [0.1, 0.15) is 11.4 Å². The summed E-state index contributed by atoms with van der Waals surface area (Å²) in [6.07, 6.45) is 11.4. The van der Waals surface area contributed by atoms with Crippen LogP contribution in [0.25, 0.3) is 0 Å². The average Bonchev–Trinajstić information content (AvgIpc) is 2.81. The molecule has 2 atom stereocenters. The van der Waals surface area contributed by atoms with E-state index in [9.17, 15) is 14.0 Å². The van der Waals surface area contributed by atoms with E-state index in [2.05, 4.69) is 29.4 Å². The van der Waals surface area contributed by atoms with E-state index in [1.807, 2.05) is 32.8 Å². The lowest BCUT2D eigenvalue weighted by molar-refractivity contribution is -0.129. The maximum absolute atomic E-state index is 14.5. The second kappa shape index (κ2) is 12.3. The molecule has 1 unspecified atom stereocenters. The molecule has 0 radical (unpaired) electrons. The van der Waals surface area contributed by atoms with Crippen molar-refractivity contribution < 1.29 is 14.0 Å². The average molecular weight is 494 g/mol. The van der Waals surface area contributed by atoms with Gasteiger partial charge in [-0.15, -0.1) is 6.42 Å². The van der Waals surface area contributed by atoms with Gasteiger partial charge in [0.25, 0.3) is 5.91 Å². The number of amides is 2. The summed E-state index contributed by atoms with van der Waals surface area (Å²) in [5.41, 5.74) is 6.42. The molecule has 7 nitrogen and oxygen atoms in total. The highest BCUT2D eigenvalue weighted by Crippen LogP contribution is 2.30. The van der Waals surface area contributed by atoms with Gasteiger partial charge in [-0.1, -0.05) is 51.2 Å². The Kier molecular flexibility index (Phi) is 9.76. The van der Waals surface area contributed by atoms with Crippen LogP contribution in [-0.2, 0) is 11.3 Å². The number of guanidine groups is 1. The maximum Gasteiger partial charge on any atom is 0.251 e. The molecule has 192 valence electrons. The zero-order chi connectivity index (χ0) is 27.0. The molecule has 0 aliphatic carbocycles. The number of aliphatic imine (C=N–C) groups is 1. The third-order valence-corrected chi connectivity index (χ3v) is 6.20. The smallest absolute Gasteiger partial charge is 0.251 e. The van der Waals surface area contributed by atoms with Crippen molar-refractivity contribution in [1.29, 1.82) is 0 Å². The number of rotatable bonds is 11. The largest absolute Gasteiger partial charge is 0.369 e. The summed E-state index contributed by atoms with van der Waals surface area (Å²) in [6, 6.07) is 3.61. The Balaban J connectivity index is 2.31. The van der Waals surface area contributed by atoms with E-state index >= 15 is 0 Å². The number of carbonyl (C=O) groups excluding carboxylic acids is 2. The number of terminal acetylenes is 1. The van der Waals surface area contributed by atoms with Gasteiger partial charge in [0.2, 0.25) is 5.91 Å². The predicted octanol–water partition coefficient (Wildman–Crippen LogP) is 3.25. The standard InChI is InChI=1S/C28H36FN5O2/c1-8-11-21(9-2)24(12-13-33(6)7)31-26(36)22-14-20(15-23(29)16-22)18-34-25(35)17-28(10-3,19(4)5)32-27(34)30/h3,8-9,11,14-16,19,24H,1-2,12-13,17-18H2,4-7H3,(H2,30,32)(H,31,36)/b21-11+/t24?,28-/m0/s1. The van der Waals surface area contributed by atoms with Crippen molar-refractivity contribution in [2.75, 3.05) is 20.6 Å². The van der Waals surface area contributed by atoms with Crippen LogP contribution in [0.4, 0.5) is 4.39 Å². The Morgan fingerprint density at radius 3 is 2.61 bits per heavy atom. The minimum Gasteiger partial charge on any atom is -0.369 e. The summed E-state index contributed by atoms with van der Waals surface area (Å²) < 4.78 is 14.5. The van der Waals surface area contributed by atoms with Crippen molar-refractivity contribution in [1.82, 2.24) is 15.1 Å². The van der Waals surface area contributed by atoms with Crippen LogP contribution < -0.4 is 11.1 Å². The summed E-state index contributed by atoms with van der Waals surface area (Å²) in [5, 5.41) is 2.96. The molecule has 0 saturated carbocycles. The zero-order valence-electron chi connectivity index (χ0n) is 21.6. The van der Waals surface area contributed by atoms with E-state index in [0.29, 0.717) is 18.5 Å². The van der Waals surface area contributed by atoms with Gasteiger partial charge in [-0.3, -0.25) is 14.5 Å². The number of carbonyl (C=O) groups is 2. The number of nitrogens with two attached hydrogens (primary N) is 1. The number of nitrogens with one attached hydrogen (secondary N) is 1. The van der Waals surface area contributed by atoms with Crippen molar-refractivity contribution >= 4 is 17.8 Å². The van der Waals surface area contributed by atoms with Gasteiger partial charge >= 0.3 is 0 Å². The molecule has 0 saturated heterocycles. The van der Waals surface area contributed by atoms with E-state index in [0.717, 1.165) is 11.6 Å². The van der Waals surface area contributed by atoms with Crippen molar-refractivity contribution in [2.24, 2.45) is 16.6 Å². The van der Waals surface area contributed by atoms with Gasteiger partial charge in [-0.05, 0) is 62.3 Å². The first-order valence-electron chi connectivity index (χ1n) is 11.8. The Labute approximate surface area is 213 Å². The number of allylic oxidation sites excluding steroid dienone is 2. The Bertz CT molecular complexity index is 1120. The molecular weight excluding hydrogens is 457 g/mol. The molecule has 0 fully saturated rings. The lowest BCUT2D eigenvalue weighted by atomic mass is 9.83. The Morgan fingerprint density at radius 1 is 1.39 bits per heavy atom. The highest BCUT2D eigenvalue weighted by Gasteiger charge is 2.40. The van der Waals surface area contributed by atoms with Gasteiger partial charge in [-0.2, -0.15) is 0 Å². The molecule has 36 heavy (non-hydrogen) atoms. The van der Waals surface area contributed by atoms with E-state index < -0.39 is 17.3 Å². The lowest BCUT2D eigenvalue weighted by Gasteiger charge is -2.36. The number of hydrogen-bond acceptors (Lipinski definition) is 5. The van der Waals surface area contributed by atoms with Crippen molar-refractivity contribution in [3.63, 3.8) is 0 Å². The van der Waals surface area contributed by atoms with E-state index in [1.165, 1.54) is 17.0 Å². The second-order valence-electron chi connectivity index (χ2n) is 9.42. The monoisotopic (exact) mass is 493 g/mol. The van der Waals surface area contributed by atoms with E-state index in [1.54, 1.807) is 18.2 Å². The summed E-state index contributed by atoms with van der Waals surface area (Å²) in [5.74, 6) is 1.13. The normalized spacial score (nSPS) is 19.1. The van der Waals surface area contributed by atoms with Crippen LogP contribution in [-0.4, -0.2) is 59.8 Å². The summed E-state index contributed by atoms with van der Waals surface area (Å²) in [4.78, 5) is 33.7. The third kappa shape index (κ3) is 6.92. The van der Waals surface area contributed by atoms with Gasteiger partial charge in [0.05, 0.1) is 19.0 Å². The summed E-state index contributed by atoms with van der Waals surface area (Å²) >= 11 is 0. The zero-order valence-corrected chi connectivity index (χ0v) is 21.6. The molecule has 1 heterocycles. The highest BCUT2D eigenvalue weighted by molar-refractivity contribution is 5.99. The molecule has 8 heteroatoms. The van der Waals surface area contributed by atoms with Crippen LogP contribution in [0.15, 0.2) is 60.2 Å². The van der Waals surface area contributed by atoms with Crippen molar-refractivity contribution in [2.45, 2.75) is 44.8 Å². The number of nitrogens with zero attached hydrogens (tertiary/aromatic N) is 3. The fraction of sp³-hybridized carbons (Fsp3) is 0.393. The molecule has 3 N–H and O–H groups in total. The SMILES string of the molecule is C#C[C@@]1(C(C)C)CC(=O)N(Cc2cc(F)cc(C(=O)NC(CCN(C)C)/C(C=C)=C/C=C)c2)C(N)=N1. The van der Waals surface area contributed by atoms with Gasteiger partial charge in [0, 0.05) is 5.56 Å². The van der Waals surface area contributed by atoms with Gasteiger partial charge < -0.3 is 16.0 Å². The molecule has 1 aromatic rings. The van der Waals surface area contributed by atoms with Crippen molar-refractivity contribution in [3.8, 4) is 12.3 Å². The first-order valence-corrected chi connectivity index (χ1v) is 11.8. The third-order valence-electron chi connectivity index (χ3n) is 6.20. The molecular formula is C28H36FN5O2. The molecule has 0 aromatic heterocycles. The molecule has 0 bridgehead atoms. The lowest BCUT2D eigenvalue weighted by Crippen LogP contribution is -2.52. The van der Waals surface area contributed by atoms with Crippen LogP contribution in [0.1, 0.15) is 42.6 Å². The molecule has 2 amide bonds. The maximum atomic E-state index is 14.5. The highest BCUT2D eigenvalue weighted by atomic mass is 19.1. The number of hydrogen-bond donors (Lipinski definition) is 2. The fourth-order valence-corrected chi connectivity index (χ4v) is 3.98. The fourth-order valence-electron chi connectivity index (χ4n) is 3.98. The minimum absolute atomic E-state index is 0.00194. The van der Waals surface area contributed by atoms with E-state index in [-0.39, 0.29) is 42.4 Å².